The second-order valence-electron chi connectivity index (χ2n) is 3.16. The zero-order valence-corrected chi connectivity index (χ0v) is 12.5. The van der Waals surface area contributed by atoms with E-state index in [4.69, 9.17) is 9.47 Å². The molecule has 4 nitrogen and oxygen atoms in total. The summed E-state index contributed by atoms with van der Waals surface area (Å²) in [5, 5.41) is 9.75. The summed E-state index contributed by atoms with van der Waals surface area (Å²) in [6.07, 6.45) is 0. The molecule has 0 spiro atoms. The highest BCUT2D eigenvalue weighted by Gasteiger charge is 2.34. The van der Waals surface area contributed by atoms with Crippen molar-refractivity contribution in [2.75, 3.05) is 13.2 Å². The molecule has 1 N–H and O–H groups in total. The molecule has 18 heavy (non-hydrogen) atoms. The lowest BCUT2D eigenvalue weighted by molar-refractivity contribution is -0.575. The fourth-order valence-electron chi connectivity index (χ4n) is 1.15. The van der Waals surface area contributed by atoms with Gasteiger partial charge in [-0.2, -0.15) is 0 Å². The van der Waals surface area contributed by atoms with Gasteiger partial charge in [0.1, 0.15) is 0 Å². The lowest BCUT2D eigenvalue weighted by atomic mass is 10.4. The molecule has 98 valence electrons. The standard InChI is InChI=1S/C13H15IO4/c1-3-17-12(15)11(13(16)18-4-2)14-10-8-6-5-7-9-10/h5-9H,3-4H2,1-2H3/p+1. The predicted molar refractivity (Wildman–Crippen MR) is 63.1 cm³/mol. The van der Waals surface area contributed by atoms with Gasteiger partial charge in [-0.25, -0.2) is 4.79 Å². The largest absolute Gasteiger partial charge is 0.477 e. The highest BCUT2D eigenvalue weighted by molar-refractivity contribution is 5.85. The summed E-state index contributed by atoms with van der Waals surface area (Å²) < 4.78 is 11.2. The number of hydrogen-bond acceptors (Lipinski definition) is 4. The van der Waals surface area contributed by atoms with E-state index >= 15 is 0 Å². The van der Waals surface area contributed by atoms with Crippen molar-refractivity contribution < 1.29 is 40.6 Å². The molecular formula is C13H16IO4+. The maximum Gasteiger partial charge on any atom is 0.393 e. The van der Waals surface area contributed by atoms with Crippen LogP contribution in [0.25, 0.3) is 0 Å². The van der Waals surface area contributed by atoms with Crippen LogP contribution >= 0.6 is 0 Å². The van der Waals surface area contributed by atoms with Gasteiger partial charge in [0.2, 0.25) is 0 Å². The van der Waals surface area contributed by atoms with Crippen LogP contribution in [0.15, 0.2) is 39.9 Å². The summed E-state index contributed by atoms with van der Waals surface area (Å²) in [4.78, 5) is 11.8. The van der Waals surface area contributed by atoms with Crippen LogP contribution in [0.5, 0.6) is 0 Å². The van der Waals surface area contributed by atoms with E-state index < -0.39 is 27.2 Å². The Kier molecular flexibility index (Phi) is 6.56. The van der Waals surface area contributed by atoms with E-state index in [0.29, 0.717) is 6.61 Å². The van der Waals surface area contributed by atoms with Crippen LogP contribution in [0, 0.1) is 3.57 Å². The summed E-state index contributed by atoms with van der Waals surface area (Å²) in [7, 11) is 0. The molecule has 1 aromatic rings. The van der Waals surface area contributed by atoms with Crippen molar-refractivity contribution in [1.29, 1.82) is 0 Å². The lowest BCUT2D eigenvalue weighted by Gasteiger charge is -2.01. The van der Waals surface area contributed by atoms with E-state index in [9.17, 15) is 9.90 Å². The highest BCUT2D eigenvalue weighted by Crippen LogP contribution is 1.97. The molecule has 0 saturated carbocycles. The Labute approximate surface area is 117 Å². The number of carbonyl (C=O) groups is 1. The first-order valence-corrected chi connectivity index (χ1v) is 7.77. The molecule has 5 heteroatoms. The van der Waals surface area contributed by atoms with Crippen LogP contribution in [0.4, 0.5) is 0 Å². The van der Waals surface area contributed by atoms with Gasteiger partial charge in [0.05, 0.1) is 13.2 Å². The Morgan fingerprint density at radius 3 is 2.33 bits per heavy atom. The minimum Gasteiger partial charge on any atom is -0.477 e. The fraction of sp³-hybridized carbons (Fsp3) is 0.308. The van der Waals surface area contributed by atoms with E-state index in [-0.39, 0.29) is 16.1 Å². The van der Waals surface area contributed by atoms with Gasteiger partial charge >= 0.3 is 36.7 Å². The van der Waals surface area contributed by atoms with Crippen LogP contribution in [-0.2, 0) is 14.3 Å². The van der Waals surface area contributed by atoms with Crippen molar-refractivity contribution in [2.45, 2.75) is 13.8 Å². The van der Waals surface area contributed by atoms with Crippen LogP contribution in [0.1, 0.15) is 13.8 Å². The van der Waals surface area contributed by atoms with Crippen molar-refractivity contribution in [3.05, 3.63) is 43.4 Å². The fourth-order valence-corrected chi connectivity index (χ4v) is 3.31. The van der Waals surface area contributed by atoms with E-state index in [1.54, 1.807) is 13.8 Å². The quantitative estimate of drug-likeness (QED) is 0.314. The highest BCUT2D eigenvalue weighted by atomic mass is 127. The summed E-state index contributed by atoms with van der Waals surface area (Å²) in [6, 6.07) is 9.55. The predicted octanol–water partition coefficient (Wildman–Crippen LogP) is -0.728. The molecule has 0 saturated heterocycles. The van der Waals surface area contributed by atoms with Crippen molar-refractivity contribution in [3.8, 4) is 0 Å². The summed E-state index contributed by atoms with van der Waals surface area (Å²) in [5.41, 5.74) is 0. The van der Waals surface area contributed by atoms with Crippen molar-refractivity contribution in [2.24, 2.45) is 0 Å². The number of rotatable bonds is 6. The normalized spacial score (nSPS) is 11.7. The number of carbonyl (C=O) groups excluding carboxylic acids is 1. The SMILES string of the molecule is CCOC(=O)/C([I+]c1ccccc1)=C(\O)OCC. The van der Waals surface area contributed by atoms with Gasteiger partial charge < -0.3 is 14.6 Å². The van der Waals surface area contributed by atoms with Gasteiger partial charge in [-0.3, -0.25) is 0 Å². The van der Waals surface area contributed by atoms with Crippen LogP contribution in [0.2, 0.25) is 0 Å². The number of aliphatic hydroxyl groups is 1. The van der Waals surface area contributed by atoms with Crippen LogP contribution in [0.3, 0.4) is 0 Å². The molecule has 0 heterocycles. The molecule has 0 aliphatic heterocycles. The summed E-state index contributed by atoms with van der Waals surface area (Å²) >= 11 is -0.815. The lowest BCUT2D eigenvalue weighted by Crippen LogP contribution is -3.61. The van der Waals surface area contributed by atoms with Crippen LogP contribution < -0.4 is 21.2 Å². The molecule has 1 aromatic carbocycles. The maximum absolute atomic E-state index is 11.8. The van der Waals surface area contributed by atoms with Crippen LogP contribution in [-0.4, -0.2) is 24.3 Å². The molecule has 1 rings (SSSR count). The summed E-state index contributed by atoms with van der Waals surface area (Å²) in [5.74, 6) is -0.812. The molecule has 0 unspecified atom stereocenters. The van der Waals surface area contributed by atoms with Crippen molar-refractivity contribution in [3.63, 3.8) is 0 Å². The Hall–Kier alpha value is -1.24. The first-order chi connectivity index (χ1) is 8.69. The molecule has 0 aliphatic rings. The zero-order chi connectivity index (χ0) is 13.4. The molecule has 0 aliphatic carbocycles. The van der Waals surface area contributed by atoms with Crippen molar-refractivity contribution in [1.82, 2.24) is 0 Å². The second-order valence-corrected chi connectivity index (χ2v) is 6.03. The average Bonchev–Trinajstić information content (AvgIpc) is 2.37. The number of ether oxygens (including phenoxy) is 2. The molecule has 0 fully saturated rings. The monoisotopic (exact) mass is 363 g/mol. The zero-order valence-electron chi connectivity index (χ0n) is 10.4. The molecule has 0 radical (unpaired) electrons. The number of benzene rings is 1. The Morgan fingerprint density at radius 1 is 1.17 bits per heavy atom. The minimum atomic E-state index is -0.815. The van der Waals surface area contributed by atoms with E-state index in [1.165, 1.54) is 0 Å². The average molecular weight is 363 g/mol. The third kappa shape index (κ3) is 4.56. The Balaban J connectivity index is 2.91. The second kappa shape index (κ2) is 7.97. The Morgan fingerprint density at radius 2 is 1.78 bits per heavy atom. The van der Waals surface area contributed by atoms with Gasteiger partial charge in [0.25, 0.3) is 0 Å². The van der Waals surface area contributed by atoms with Gasteiger partial charge in [-0.15, -0.1) is 0 Å². The third-order valence-electron chi connectivity index (χ3n) is 1.86. The van der Waals surface area contributed by atoms with Gasteiger partial charge in [0, 0.05) is 0 Å². The Bertz CT molecular complexity index is 414. The van der Waals surface area contributed by atoms with E-state index in [2.05, 4.69) is 0 Å². The van der Waals surface area contributed by atoms with Gasteiger partial charge in [-0.1, -0.05) is 18.2 Å². The van der Waals surface area contributed by atoms with E-state index in [0.717, 1.165) is 3.57 Å². The number of halogens is 1. The molecule has 0 amide bonds. The first kappa shape index (κ1) is 14.8. The minimum absolute atomic E-state index is 0.253. The molecule has 0 atom stereocenters. The topological polar surface area (TPSA) is 55.8 Å². The van der Waals surface area contributed by atoms with Gasteiger partial charge in [-0.05, 0) is 26.0 Å². The first-order valence-electron chi connectivity index (χ1n) is 5.62. The maximum atomic E-state index is 11.8. The van der Waals surface area contributed by atoms with E-state index in [1.807, 2.05) is 30.3 Å². The summed E-state index contributed by atoms with van der Waals surface area (Å²) in [6.45, 7) is 4.07. The molecule has 0 bridgehead atoms. The third-order valence-corrected chi connectivity index (χ3v) is 4.64. The number of esters is 1. The van der Waals surface area contributed by atoms with Gasteiger partial charge in [0.15, 0.2) is 3.57 Å². The number of hydrogen-bond donors (Lipinski definition) is 1. The van der Waals surface area contributed by atoms with Crippen molar-refractivity contribution >= 4 is 5.97 Å². The smallest absolute Gasteiger partial charge is 0.393 e. The molecule has 0 aromatic heterocycles. The molecular weight excluding hydrogens is 347 g/mol. The number of aliphatic hydroxyl groups excluding tert-OH is 1.